The quantitative estimate of drug-likeness (QED) is 0.830. The van der Waals surface area contributed by atoms with Crippen LogP contribution in [0.15, 0.2) is 30.6 Å². The monoisotopic (exact) mass is 347 g/mol. The molecular weight excluding hydrogens is 330 g/mol. The summed E-state index contributed by atoms with van der Waals surface area (Å²) < 4.78 is 4.83. The molecule has 1 aromatic carbocycles. The summed E-state index contributed by atoms with van der Waals surface area (Å²) in [6, 6.07) is 5.92. The van der Waals surface area contributed by atoms with Crippen LogP contribution in [0.1, 0.15) is 29.4 Å². The van der Waals surface area contributed by atoms with Gasteiger partial charge in [0.1, 0.15) is 0 Å². The van der Waals surface area contributed by atoms with Crippen LogP contribution in [0, 0.1) is 5.92 Å². The predicted octanol–water partition coefficient (Wildman–Crippen LogP) is 2.20. The van der Waals surface area contributed by atoms with Crippen LogP contribution in [0.25, 0.3) is 0 Å². The minimum absolute atomic E-state index is 0.166. The molecule has 2 unspecified atom stereocenters. The Balaban J connectivity index is 1.74. The fourth-order valence-electron chi connectivity index (χ4n) is 2.94. The number of carbonyl (C=O) groups is 2. The smallest absolute Gasteiger partial charge is 0.333 e. The zero-order chi connectivity index (χ0) is 17.1. The highest BCUT2D eigenvalue weighted by molar-refractivity contribution is 6.30. The molecule has 0 saturated heterocycles. The normalized spacial score (nSPS) is 17.7. The number of aryl methyl sites for hydroxylation is 1. The number of nitrogens with zero attached hydrogens (tertiary/aromatic N) is 1. The van der Waals surface area contributed by atoms with Crippen molar-refractivity contribution in [2.75, 3.05) is 7.11 Å². The molecule has 1 aromatic heterocycles. The standard InChI is InChI=1S/C17H18ClN3O3/c1-24-17(23)15(10-2-5-12(18)6-3-10)21-16(22)11-4-7-13-14(8-11)20-9-19-13/h2-3,5-6,9,11,15H,4,7-8H2,1H3,(H,19,20)(H,21,22). The number of methoxy groups -OCH3 is 1. The van der Waals surface area contributed by atoms with E-state index in [0.717, 1.165) is 17.8 Å². The van der Waals surface area contributed by atoms with Gasteiger partial charge in [-0.2, -0.15) is 0 Å². The molecule has 0 fully saturated rings. The molecule has 1 amide bonds. The number of aromatic amines is 1. The number of ether oxygens (including phenoxy) is 1. The molecule has 1 aliphatic carbocycles. The number of nitrogens with one attached hydrogen (secondary N) is 2. The minimum Gasteiger partial charge on any atom is -0.467 e. The summed E-state index contributed by atoms with van der Waals surface area (Å²) in [5.74, 6) is -0.873. The molecule has 3 rings (SSSR count). The van der Waals surface area contributed by atoms with Gasteiger partial charge in [-0.25, -0.2) is 9.78 Å². The van der Waals surface area contributed by atoms with E-state index in [-0.39, 0.29) is 11.8 Å². The van der Waals surface area contributed by atoms with Crippen LogP contribution in [-0.2, 0) is 27.2 Å². The highest BCUT2D eigenvalue weighted by atomic mass is 35.5. The van der Waals surface area contributed by atoms with Crippen molar-refractivity contribution < 1.29 is 14.3 Å². The van der Waals surface area contributed by atoms with Gasteiger partial charge < -0.3 is 15.0 Å². The Labute approximate surface area is 144 Å². The van der Waals surface area contributed by atoms with Crippen LogP contribution in [0.2, 0.25) is 5.02 Å². The van der Waals surface area contributed by atoms with E-state index in [1.165, 1.54) is 7.11 Å². The van der Waals surface area contributed by atoms with Crippen molar-refractivity contribution in [3.63, 3.8) is 0 Å². The number of rotatable bonds is 4. The lowest BCUT2D eigenvalue weighted by atomic mass is 9.89. The number of halogens is 1. The Morgan fingerprint density at radius 1 is 1.38 bits per heavy atom. The lowest BCUT2D eigenvalue weighted by Crippen LogP contribution is -2.40. The van der Waals surface area contributed by atoms with E-state index in [1.807, 2.05) is 0 Å². The van der Waals surface area contributed by atoms with Crippen LogP contribution >= 0.6 is 11.6 Å². The molecule has 2 aromatic rings. The first-order chi connectivity index (χ1) is 11.6. The zero-order valence-corrected chi connectivity index (χ0v) is 14.0. The van der Waals surface area contributed by atoms with Gasteiger partial charge in [0.05, 0.1) is 19.1 Å². The van der Waals surface area contributed by atoms with Gasteiger partial charge in [0, 0.05) is 23.1 Å². The second-order valence-electron chi connectivity index (χ2n) is 5.78. The average Bonchev–Trinajstić information content (AvgIpc) is 3.07. The lowest BCUT2D eigenvalue weighted by Gasteiger charge is -2.24. The topological polar surface area (TPSA) is 84.1 Å². The summed E-state index contributed by atoms with van der Waals surface area (Å²) >= 11 is 5.88. The van der Waals surface area contributed by atoms with Crippen LogP contribution in [-0.4, -0.2) is 29.0 Å². The Hall–Kier alpha value is -2.34. The number of H-pyrrole nitrogens is 1. The van der Waals surface area contributed by atoms with E-state index in [4.69, 9.17) is 16.3 Å². The lowest BCUT2D eigenvalue weighted by molar-refractivity contribution is -0.145. The first-order valence-corrected chi connectivity index (χ1v) is 8.11. The Morgan fingerprint density at radius 3 is 2.83 bits per heavy atom. The minimum atomic E-state index is -0.845. The number of aromatic nitrogens is 2. The van der Waals surface area contributed by atoms with E-state index in [1.54, 1.807) is 30.6 Å². The van der Waals surface area contributed by atoms with E-state index in [2.05, 4.69) is 15.3 Å². The maximum Gasteiger partial charge on any atom is 0.333 e. The maximum absolute atomic E-state index is 12.6. The third kappa shape index (κ3) is 3.43. The molecule has 126 valence electrons. The zero-order valence-electron chi connectivity index (χ0n) is 13.2. The average molecular weight is 348 g/mol. The molecule has 0 spiro atoms. The fourth-order valence-corrected chi connectivity index (χ4v) is 3.06. The van der Waals surface area contributed by atoms with Crippen LogP contribution in [0.3, 0.4) is 0 Å². The number of hydrogen-bond acceptors (Lipinski definition) is 4. The first-order valence-electron chi connectivity index (χ1n) is 7.73. The highest BCUT2D eigenvalue weighted by Crippen LogP contribution is 2.25. The molecule has 7 heteroatoms. The number of hydrogen-bond donors (Lipinski definition) is 2. The number of carbonyl (C=O) groups excluding carboxylic acids is 2. The molecule has 2 atom stereocenters. The number of fused-ring (bicyclic) bond motifs is 1. The molecule has 24 heavy (non-hydrogen) atoms. The summed E-state index contributed by atoms with van der Waals surface area (Å²) in [6.45, 7) is 0. The predicted molar refractivity (Wildman–Crippen MR) is 88.5 cm³/mol. The second kappa shape index (κ2) is 7.05. The van der Waals surface area contributed by atoms with Crippen molar-refractivity contribution in [1.29, 1.82) is 0 Å². The SMILES string of the molecule is COC(=O)C(NC(=O)C1CCc2nc[nH]c2C1)c1ccc(Cl)cc1. The highest BCUT2D eigenvalue weighted by Gasteiger charge is 2.30. The molecule has 0 bridgehead atoms. The molecule has 1 heterocycles. The molecule has 6 nitrogen and oxygen atoms in total. The van der Waals surface area contributed by atoms with E-state index >= 15 is 0 Å². The van der Waals surface area contributed by atoms with Gasteiger partial charge in [0.15, 0.2) is 6.04 Å². The summed E-state index contributed by atoms with van der Waals surface area (Å²) in [4.78, 5) is 32.0. The van der Waals surface area contributed by atoms with Gasteiger partial charge in [-0.15, -0.1) is 0 Å². The fraction of sp³-hybridized carbons (Fsp3) is 0.353. The van der Waals surface area contributed by atoms with Gasteiger partial charge >= 0.3 is 5.97 Å². The number of imidazole rings is 1. The van der Waals surface area contributed by atoms with Crippen LogP contribution < -0.4 is 5.32 Å². The van der Waals surface area contributed by atoms with Crippen molar-refractivity contribution in [2.45, 2.75) is 25.3 Å². The van der Waals surface area contributed by atoms with E-state index < -0.39 is 12.0 Å². The molecule has 0 aliphatic heterocycles. The van der Waals surface area contributed by atoms with Gasteiger partial charge in [-0.05, 0) is 30.5 Å². The third-order valence-corrected chi connectivity index (χ3v) is 4.54. The van der Waals surface area contributed by atoms with Crippen molar-refractivity contribution in [2.24, 2.45) is 5.92 Å². The Kier molecular flexibility index (Phi) is 4.85. The van der Waals surface area contributed by atoms with Gasteiger partial charge in [0.25, 0.3) is 0 Å². The van der Waals surface area contributed by atoms with Crippen molar-refractivity contribution in [1.82, 2.24) is 15.3 Å². The largest absolute Gasteiger partial charge is 0.467 e. The Bertz CT molecular complexity index is 742. The van der Waals surface area contributed by atoms with Crippen molar-refractivity contribution in [3.05, 3.63) is 52.6 Å². The second-order valence-corrected chi connectivity index (χ2v) is 6.22. The van der Waals surface area contributed by atoms with Crippen molar-refractivity contribution in [3.8, 4) is 0 Å². The first kappa shape index (κ1) is 16.5. The number of esters is 1. The Morgan fingerprint density at radius 2 is 2.12 bits per heavy atom. The number of amides is 1. The van der Waals surface area contributed by atoms with Crippen molar-refractivity contribution >= 4 is 23.5 Å². The van der Waals surface area contributed by atoms with Gasteiger partial charge in [0.2, 0.25) is 5.91 Å². The third-order valence-electron chi connectivity index (χ3n) is 4.29. The van der Waals surface area contributed by atoms with Gasteiger partial charge in [-0.1, -0.05) is 23.7 Å². The number of benzene rings is 1. The van der Waals surface area contributed by atoms with Gasteiger partial charge in [-0.3, -0.25) is 4.79 Å². The summed E-state index contributed by atoms with van der Waals surface area (Å²) in [5.41, 5.74) is 2.64. The molecule has 0 saturated carbocycles. The van der Waals surface area contributed by atoms with Crippen LogP contribution in [0.4, 0.5) is 0 Å². The van der Waals surface area contributed by atoms with E-state index in [0.29, 0.717) is 23.4 Å². The molecule has 0 radical (unpaired) electrons. The summed E-state index contributed by atoms with van der Waals surface area (Å²) in [5, 5.41) is 3.37. The van der Waals surface area contributed by atoms with Crippen LogP contribution in [0.5, 0.6) is 0 Å². The van der Waals surface area contributed by atoms with E-state index in [9.17, 15) is 9.59 Å². The molecule has 2 N–H and O–H groups in total. The summed E-state index contributed by atoms with van der Waals surface area (Å²) in [6.07, 6.45) is 3.70. The maximum atomic E-state index is 12.6. The molecular formula is C17H18ClN3O3. The summed E-state index contributed by atoms with van der Waals surface area (Å²) in [7, 11) is 1.30. The molecule has 1 aliphatic rings.